The molecule has 1 aliphatic heterocycles. The lowest BCUT2D eigenvalue weighted by Gasteiger charge is -2.33. The molecule has 8 nitrogen and oxygen atoms in total. The molecule has 2 aliphatic rings. The number of nitriles is 1. The lowest BCUT2D eigenvalue weighted by Crippen LogP contribution is -2.44. The van der Waals surface area contributed by atoms with Gasteiger partial charge < -0.3 is 24.9 Å². The summed E-state index contributed by atoms with van der Waals surface area (Å²) in [5.41, 5.74) is 1.47. The SMILES string of the molecule is CC(C)CC(C)NC(=O)c1cc2ccc(N3CCN(C)CC3)cc2o1.N#CC1(NC=O)CC1. The largest absolute Gasteiger partial charge is 0.451 e. The van der Waals surface area contributed by atoms with E-state index in [1.165, 1.54) is 0 Å². The molecule has 2 heterocycles. The number of rotatable bonds is 7. The number of furan rings is 1. The zero-order valence-corrected chi connectivity index (χ0v) is 20.1. The van der Waals surface area contributed by atoms with Crippen molar-refractivity contribution in [2.24, 2.45) is 5.92 Å². The van der Waals surface area contributed by atoms with Crippen LogP contribution in [0, 0.1) is 17.2 Å². The lowest BCUT2D eigenvalue weighted by atomic mass is 10.1. The van der Waals surface area contributed by atoms with Crippen molar-refractivity contribution in [3.05, 3.63) is 30.0 Å². The number of amides is 2. The molecule has 1 unspecified atom stereocenters. The van der Waals surface area contributed by atoms with Gasteiger partial charge in [0.05, 0.1) is 6.07 Å². The predicted molar refractivity (Wildman–Crippen MR) is 129 cm³/mol. The molecule has 2 fully saturated rings. The van der Waals surface area contributed by atoms with Gasteiger partial charge in [0.25, 0.3) is 5.91 Å². The van der Waals surface area contributed by atoms with Crippen molar-refractivity contribution in [3.8, 4) is 6.07 Å². The zero-order valence-electron chi connectivity index (χ0n) is 20.1. The van der Waals surface area contributed by atoms with Crippen LogP contribution < -0.4 is 15.5 Å². The number of hydrogen-bond acceptors (Lipinski definition) is 6. The first-order valence-electron chi connectivity index (χ1n) is 11.7. The molecule has 8 heteroatoms. The van der Waals surface area contributed by atoms with Gasteiger partial charge in [0.2, 0.25) is 6.41 Å². The second kappa shape index (κ2) is 10.7. The Bertz CT molecular complexity index is 997. The summed E-state index contributed by atoms with van der Waals surface area (Å²) in [5.74, 6) is 0.809. The molecule has 1 aliphatic carbocycles. The van der Waals surface area contributed by atoms with Crippen LogP contribution in [0.25, 0.3) is 11.0 Å². The molecule has 1 saturated carbocycles. The number of piperazine rings is 1. The summed E-state index contributed by atoms with van der Waals surface area (Å²) in [6.45, 7) is 10.5. The van der Waals surface area contributed by atoms with Gasteiger partial charge in [0.1, 0.15) is 11.1 Å². The summed E-state index contributed by atoms with van der Waals surface area (Å²) in [7, 11) is 2.15. The molecule has 1 saturated heterocycles. The number of carbonyl (C=O) groups excluding carboxylic acids is 2. The fraction of sp³-hybridized carbons (Fsp3) is 0.560. The van der Waals surface area contributed by atoms with Crippen molar-refractivity contribution in [1.82, 2.24) is 15.5 Å². The summed E-state index contributed by atoms with van der Waals surface area (Å²) in [6, 6.07) is 10.2. The van der Waals surface area contributed by atoms with Crippen LogP contribution in [0.4, 0.5) is 5.69 Å². The maximum absolute atomic E-state index is 12.4. The first-order chi connectivity index (χ1) is 15.7. The fourth-order valence-corrected chi connectivity index (χ4v) is 3.98. The number of likely N-dealkylation sites (N-methyl/N-ethyl adjacent to an activating group) is 1. The Labute approximate surface area is 195 Å². The maximum atomic E-state index is 12.4. The lowest BCUT2D eigenvalue weighted by molar-refractivity contribution is -0.110. The van der Waals surface area contributed by atoms with Gasteiger partial charge in [-0.1, -0.05) is 13.8 Å². The highest BCUT2D eigenvalue weighted by molar-refractivity contribution is 5.96. The van der Waals surface area contributed by atoms with Crippen LogP contribution in [-0.4, -0.2) is 62.0 Å². The molecule has 2 amide bonds. The molecule has 2 N–H and O–H groups in total. The van der Waals surface area contributed by atoms with Crippen molar-refractivity contribution < 1.29 is 14.0 Å². The number of nitrogens with zero attached hydrogens (tertiary/aromatic N) is 3. The van der Waals surface area contributed by atoms with E-state index >= 15 is 0 Å². The zero-order chi connectivity index (χ0) is 24.0. The number of anilines is 1. The third kappa shape index (κ3) is 6.72. The molecule has 33 heavy (non-hydrogen) atoms. The highest BCUT2D eigenvalue weighted by Crippen LogP contribution is 2.33. The van der Waals surface area contributed by atoms with E-state index in [1.807, 2.05) is 25.1 Å². The second-order valence-electron chi connectivity index (χ2n) is 9.58. The molecule has 1 aromatic heterocycles. The van der Waals surface area contributed by atoms with Crippen LogP contribution in [0.5, 0.6) is 0 Å². The Hall–Kier alpha value is -3.05. The minimum absolute atomic E-state index is 0.134. The molecular formula is C25H35N5O3. The molecule has 1 aromatic carbocycles. The van der Waals surface area contributed by atoms with Crippen LogP contribution in [0.2, 0.25) is 0 Å². The Balaban J connectivity index is 0.000000323. The molecule has 0 spiro atoms. The van der Waals surface area contributed by atoms with Gasteiger partial charge in [-0.2, -0.15) is 5.26 Å². The summed E-state index contributed by atoms with van der Waals surface area (Å²) in [6.07, 6.45) is 3.15. The Morgan fingerprint density at radius 2 is 1.91 bits per heavy atom. The van der Waals surface area contributed by atoms with Crippen molar-refractivity contribution in [1.29, 1.82) is 5.26 Å². The Kier molecular flexibility index (Phi) is 7.98. The van der Waals surface area contributed by atoms with Gasteiger partial charge in [-0.25, -0.2) is 0 Å². The first-order valence-corrected chi connectivity index (χ1v) is 11.7. The first kappa shape index (κ1) is 24.6. The van der Waals surface area contributed by atoms with E-state index in [2.05, 4.69) is 53.5 Å². The third-order valence-corrected chi connectivity index (χ3v) is 6.10. The number of nitrogens with one attached hydrogen (secondary N) is 2. The van der Waals surface area contributed by atoms with E-state index in [0.29, 0.717) is 18.1 Å². The van der Waals surface area contributed by atoms with Gasteiger partial charge in [-0.3, -0.25) is 9.59 Å². The number of benzene rings is 1. The Morgan fingerprint density at radius 1 is 1.21 bits per heavy atom. The molecule has 2 aromatic rings. The van der Waals surface area contributed by atoms with Crippen LogP contribution in [0.3, 0.4) is 0 Å². The molecular weight excluding hydrogens is 418 g/mol. The third-order valence-electron chi connectivity index (χ3n) is 6.10. The fourth-order valence-electron chi connectivity index (χ4n) is 3.98. The minimum atomic E-state index is -0.470. The predicted octanol–water partition coefficient (Wildman–Crippen LogP) is 3.14. The molecule has 1 atom stereocenters. The topological polar surface area (TPSA) is 102 Å². The maximum Gasteiger partial charge on any atom is 0.287 e. The van der Waals surface area contributed by atoms with Crippen LogP contribution in [0.15, 0.2) is 28.7 Å². The van der Waals surface area contributed by atoms with E-state index in [0.717, 1.165) is 62.1 Å². The van der Waals surface area contributed by atoms with Gasteiger partial charge in [0, 0.05) is 49.4 Å². The standard InChI is InChI=1S/C20H29N3O2.C5H6N2O/c1-14(2)11-15(3)21-20(24)19-12-16-5-6-17(13-18(16)25-19)23-9-7-22(4)8-10-23;6-3-5(1-2-5)7-4-8/h5-6,12-15H,7-11H2,1-4H3,(H,21,24);4H,1-2H2,(H,7,8). The van der Waals surface area contributed by atoms with E-state index in [1.54, 1.807) is 0 Å². The minimum Gasteiger partial charge on any atom is -0.451 e. The quantitative estimate of drug-likeness (QED) is 0.625. The van der Waals surface area contributed by atoms with Gasteiger partial charge >= 0.3 is 0 Å². The van der Waals surface area contributed by atoms with Gasteiger partial charge in [-0.15, -0.1) is 0 Å². The van der Waals surface area contributed by atoms with Crippen LogP contribution in [0.1, 0.15) is 50.6 Å². The second-order valence-corrected chi connectivity index (χ2v) is 9.58. The summed E-state index contributed by atoms with van der Waals surface area (Å²) in [5, 5.41) is 14.8. The highest BCUT2D eigenvalue weighted by Gasteiger charge is 2.42. The molecule has 0 radical (unpaired) electrons. The number of carbonyl (C=O) groups is 2. The highest BCUT2D eigenvalue weighted by atomic mass is 16.3. The molecule has 178 valence electrons. The van der Waals surface area contributed by atoms with Crippen molar-refractivity contribution in [2.45, 2.75) is 51.6 Å². The summed E-state index contributed by atoms with van der Waals surface area (Å²) < 4.78 is 5.84. The normalized spacial score (nSPS) is 18.1. The van der Waals surface area contributed by atoms with Crippen LogP contribution in [-0.2, 0) is 4.79 Å². The van der Waals surface area contributed by atoms with Gasteiger partial charge in [-0.05, 0) is 57.4 Å². The number of fused-ring (bicyclic) bond motifs is 1. The van der Waals surface area contributed by atoms with Crippen molar-refractivity contribution in [3.63, 3.8) is 0 Å². The Morgan fingerprint density at radius 3 is 2.45 bits per heavy atom. The summed E-state index contributed by atoms with van der Waals surface area (Å²) >= 11 is 0. The van der Waals surface area contributed by atoms with E-state index in [4.69, 9.17) is 9.68 Å². The number of hydrogen-bond donors (Lipinski definition) is 2. The van der Waals surface area contributed by atoms with Crippen LogP contribution >= 0.6 is 0 Å². The monoisotopic (exact) mass is 453 g/mol. The molecule has 0 bridgehead atoms. The molecule has 4 rings (SSSR count). The van der Waals surface area contributed by atoms with Gasteiger partial charge in [0.15, 0.2) is 5.76 Å². The van der Waals surface area contributed by atoms with E-state index in [9.17, 15) is 9.59 Å². The van der Waals surface area contributed by atoms with E-state index < -0.39 is 5.54 Å². The summed E-state index contributed by atoms with van der Waals surface area (Å²) in [4.78, 5) is 26.9. The van der Waals surface area contributed by atoms with Crippen molar-refractivity contribution >= 4 is 29.0 Å². The van der Waals surface area contributed by atoms with E-state index in [-0.39, 0.29) is 11.9 Å². The average Bonchev–Trinajstić information content (AvgIpc) is 3.41. The van der Waals surface area contributed by atoms with Crippen molar-refractivity contribution in [2.75, 3.05) is 38.1 Å². The smallest absolute Gasteiger partial charge is 0.287 e. The average molecular weight is 454 g/mol.